The first-order valence-electron chi connectivity index (χ1n) is 3.84. The molecule has 1 amide bonds. The predicted octanol–water partition coefficient (Wildman–Crippen LogP) is 1.18. The van der Waals surface area contributed by atoms with Gasteiger partial charge in [-0.25, -0.2) is 4.98 Å². The molecule has 0 atom stereocenters. The minimum atomic E-state index is -0.150. The molecule has 1 aromatic heterocycles. The van der Waals surface area contributed by atoms with Crippen LogP contribution >= 0.6 is 15.9 Å². The van der Waals surface area contributed by atoms with Crippen LogP contribution in [-0.4, -0.2) is 17.4 Å². The van der Waals surface area contributed by atoms with Crippen LogP contribution in [-0.2, 0) is 0 Å². The number of anilines is 1. The number of carbonyl (C=O) groups excluding carboxylic acids is 1. The first-order valence-corrected chi connectivity index (χ1v) is 4.63. The second-order valence-electron chi connectivity index (χ2n) is 2.45. The average molecular weight is 244 g/mol. The van der Waals surface area contributed by atoms with E-state index < -0.39 is 0 Å². The van der Waals surface area contributed by atoms with Crippen molar-refractivity contribution in [2.45, 2.75) is 6.92 Å². The topological polar surface area (TPSA) is 68.0 Å². The van der Waals surface area contributed by atoms with E-state index in [-0.39, 0.29) is 5.91 Å². The van der Waals surface area contributed by atoms with Gasteiger partial charge in [0, 0.05) is 17.2 Å². The normalized spacial score (nSPS) is 9.69. The number of nitrogens with two attached hydrogens (primary N) is 1. The SMILES string of the molecule is CCNC(=O)c1cc(N)ncc1Br. The van der Waals surface area contributed by atoms with E-state index in [4.69, 9.17) is 5.73 Å². The number of halogens is 1. The van der Waals surface area contributed by atoms with Gasteiger partial charge in [-0.05, 0) is 28.9 Å². The molecule has 0 saturated heterocycles. The molecule has 70 valence electrons. The fourth-order valence-corrected chi connectivity index (χ4v) is 1.28. The number of aromatic nitrogens is 1. The van der Waals surface area contributed by atoms with Crippen molar-refractivity contribution in [2.75, 3.05) is 12.3 Å². The molecule has 0 bridgehead atoms. The van der Waals surface area contributed by atoms with Crippen LogP contribution in [0.3, 0.4) is 0 Å². The molecular weight excluding hydrogens is 234 g/mol. The number of nitrogens with one attached hydrogen (secondary N) is 1. The lowest BCUT2D eigenvalue weighted by Gasteiger charge is -2.04. The van der Waals surface area contributed by atoms with E-state index in [2.05, 4.69) is 26.2 Å². The van der Waals surface area contributed by atoms with E-state index in [1.54, 1.807) is 0 Å². The summed E-state index contributed by atoms with van der Waals surface area (Å²) in [6.07, 6.45) is 1.51. The number of hydrogen-bond acceptors (Lipinski definition) is 3. The minimum Gasteiger partial charge on any atom is -0.384 e. The van der Waals surface area contributed by atoms with Crippen LogP contribution in [0.25, 0.3) is 0 Å². The molecule has 0 saturated carbocycles. The molecule has 0 aliphatic carbocycles. The summed E-state index contributed by atoms with van der Waals surface area (Å²) in [5, 5.41) is 2.68. The Hall–Kier alpha value is -1.10. The van der Waals surface area contributed by atoms with E-state index in [1.165, 1.54) is 12.3 Å². The summed E-state index contributed by atoms with van der Waals surface area (Å²) >= 11 is 3.22. The van der Waals surface area contributed by atoms with Gasteiger partial charge in [0.1, 0.15) is 5.82 Å². The van der Waals surface area contributed by atoms with Crippen molar-refractivity contribution in [3.63, 3.8) is 0 Å². The summed E-state index contributed by atoms with van der Waals surface area (Å²) in [6.45, 7) is 2.45. The maximum atomic E-state index is 11.4. The van der Waals surface area contributed by atoms with Crippen LogP contribution in [0.5, 0.6) is 0 Å². The molecule has 13 heavy (non-hydrogen) atoms. The summed E-state index contributed by atoms with van der Waals surface area (Å²) in [4.78, 5) is 15.2. The fraction of sp³-hybridized carbons (Fsp3) is 0.250. The molecule has 5 heteroatoms. The number of nitrogens with zero attached hydrogens (tertiary/aromatic N) is 1. The lowest BCUT2D eigenvalue weighted by atomic mass is 10.2. The molecule has 0 unspecified atom stereocenters. The van der Waals surface area contributed by atoms with Gasteiger partial charge in [-0.1, -0.05) is 0 Å². The molecule has 0 aliphatic heterocycles. The molecular formula is C8H10BrN3O. The molecule has 0 aromatic carbocycles. The van der Waals surface area contributed by atoms with Gasteiger partial charge in [0.25, 0.3) is 5.91 Å². The highest BCUT2D eigenvalue weighted by Crippen LogP contribution is 2.16. The maximum absolute atomic E-state index is 11.4. The van der Waals surface area contributed by atoms with E-state index >= 15 is 0 Å². The van der Waals surface area contributed by atoms with Gasteiger partial charge in [-0.3, -0.25) is 4.79 Å². The molecule has 0 fully saturated rings. The molecule has 3 N–H and O–H groups in total. The molecule has 1 rings (SSSR count). The van der Waals surface area contributed by atoms with Crippen LogP contribution in [0, 0.1) is 0 Å². The number of hydrogen-bond donors (Lipinski definition) is 2. The Kier molecular flexibility index (Phi) is 3.25. The molecule has 4 nitrogen and oxygen atoms in total. The third-order valence-corrected chi connectivity index (χ3v) is 2.09. The summed E-state index contributed by atoms with van der Waals surface area (Å²) in [6, 6.07) is 1.54. The largest absolute Gasteiger partial charge is 0.384 e. The third kappa shape index (κ3) is 2.42. The van der Waals surface area contributed by atoms with Gasteiger partial charge in [0.2, 0.25) is 0 Å². The summed E-state index contributed by atoms with van der Waals surface area (Å²) in [5.74, 6) is 0.188. The Balaban J connectivity index is 2.99. The van der Waals surface area contributed by atoms with Crippen molar-refractivity contribution in [2.24, 2.45) is 0 Å². The van der Waals surface area contributed by atoms with Gasteiger partial charge in [-0.15, -0.1) is 0 Å². The van der Waals surface area contributed by atoms with Gasteiger partial charge < -0.3 is 11.1 Å². The molecule has 0 aliphatic rings. The Morgan fingerprint density at radius 1 is 1.77 bits per heavy atom. The highest BCUT2D eigenvalue weighted by atomic mass is 79.9. The summed E-state index contributed by atoms with van der Waals surface area (Å²) < 4.78 is 0.646. The van der Waals surface area contributed by atoms with Crippen LogP contribution in [0.15, 0.2) is 16.7 Å². The van der Waals surface area contributed by atoms with Gasteiger partial charge in [0.15, 0.2) is 0 Å². The molecule has 0 spiro atoms. The third-order valence-electron chi connectivity index (χ3n) is 1.46. The summed E-state index contributed by atoms with van der Waals surface area (Å²) in [7, 11) is 0. The molecule has 0 radical (unpaired) electrons. The van der Waals surface area contributed by atoms with E-state index in [9.17, 15) is 4.79 Å². The summed E-state index contributed by atoms with van der Waals surface area (Å²) in [5.41, 5.74) is 5.96. The van der Waals surface area contributed by atoms with E-state index in [0.717, 1.165) is 0 Å². The first-order chi connectivity index (χ1) is 6.15. The monoisotopic (exact) mass is 243 g/mol. The number of carbonyl (C=O) groups is 1. The van der Waals surface area contributed by atoms with Gasteiger partial charge >= 0.3 is 0 Å². The van der Waals surface area contributed by atoms with Crippen LogP contribution in [0.4, 0.5) is 5.82 Å². The zero-order chi connectivity index (χ0) is 9.84. The predicted molar refractivity (Wildman–Crippen MR) is 54.4 cm³/mol. The van der Waals surface area contributed by atoms with Crippen molar-refractivity contribution >= 4 is 27.7 Å². The molecule has 1 aromatic rings. The minimum absolute atomic E-state index is 0.150. The Morgan fingerprint density at radius 2 is 2.46 bits per heavy atom. The van der Waals surface area contributed by atoms with Crippen molar-refractivity contribution in [3.8, 4) is 0 Å². The second kappa shape index (κ2) is 4.23. The van der Waals surface area contributed by atoms with Gasteiger partial charge in [0.05, 0.1) is 5.56 Å². The van der Waals surface area contributed by atoms with Crippen LogP contribution in [0.1, 0.15) is 17.3 Å². The average Bonchev–Trinajstić information content (AvgIpc) is 2.09. The van der Waals surface area contributed by atoms with Gasteiger partial charge in [-0.2, -0.15) is 0 Å². The zero-order valence-corrected chi connectivity index (χ0v) is 8.76. The number of rotatable bonds is 2. The van der Waals surface area contributed by atoms with E-state index in [0.29, 0.717) is 22.4 Å². The van der Waals surface area contributed by atoms with Crippen LogP contribution < -0.4 is 11.1 Å². The number of pyridine rings is 1. The van der Waals surface area contributed by atoms with Crippen molar-refractivity contribution in [1.82, 2.24) is 10.3 Å². The van der Waals surface area contributed by atoms with Crippen molar-refractivity contribution < 1.29 is 4.79 Å². The maximum Gasteiger partial charge on any atom is 0.252 e. The lowest BCUT2D eigenvalue weighted by Crippen LogP contribution is -2.23. The Morgan fingerprint density at radius 3 is 3.08 bits per heavy atom. The second-order valence-corrected chi connectivity index (χ2v) is 3.30. The smallest absolute Gasteiger partial charge is 0.252 e. The number of amides is 1. The molecule has 1 heterocycles. The van der Waals surface area contributed by atoms with Crippen LogP contribution in [0.2, 0.25) is 0 Å². The number of nitrogen functional groups attached to an aromatic ring is 1. The zero-order valence-electron chi connectivity index (χ0n) is 7.17. The first kappa shape index (κ1) is 9.98. The van der Waals surface area contributed by atoms with E-state index in [1.807, 2.05) is 6.92 Å². The highest BCUT2D eigenvalue weighted by molar-refractivity contribution is 9.10. The standard InChI is InChI=1S/C8H10BrN3O/c1-2-11-8(13)5-3-7(10)12-4-6(5)9/h3-4H,2H2,1H3,(H2,10,12)(H,11,13). The highest BCUT2D eigenvalue weighted by Gasteiger charge is 2.09. The fourth-order valence-electron chi connectivity index (χ4n) is 0.885. The van der Waals surface area contributed by atoms with Crippen molar-refractivity contribution in [1.29, 1.82) is 0 Å². The Labute approximate surface area is 84.7 Å². The quantitative estimate of drug-likeness (QED) is 0.820. The lowest BCUT2D eigenvalue weighted by molar-refractivity contribution is 0.0955. The van der Waals surface area contributed by atoms with Crippen molar-refractivity contribution in [3.05, 3.63) is 22.3 Å². The Bertz CT molecular complexity index is 327.